The van der Waals surface area contributed by atoms with Gasteiger partial charge in [-0.3, -0.25) is 10.1 Å². The molecule has 4 aromatic rings. The number of anilines is 2. The van der Waals surface area contributed by atoms with E-state index < -0.39 is 0 Å². The van der Waals surface area contributed by atoms with Crippen molar-refractivity contribution >= 4 is 22.7 Å². The number of aromatic amines is 1. The highest BCUT2D eigenvalue weighted by Crippen LogP contribution is 2.54. The summed E-state index contributed by atoms with van der Waals surface area (Å²) in [5.74, 6) is 1.39. The van der Waals surface area contributed by atoms with Crippen molar-refractivity contribution in [2.45, 2.75) is 57.4 Å². The first kappa shape index (κ1) is 22.4. The summed E-state index contributed by atoms with van der Waals surface area (Å²) in [7, 11) is 0. The Morgan fingerprint density at radius 1 is 1.16 bits per heavy atom. The Morgan fingerprint density at radius 3 is 2.92 bits per heavy atom. The molecule has 186 valence electrons. The van der Waals surface area contributed by atoms with Crippen LogP contribution in [0.5, 0.6) is 0 Å². The van der Waals surface area contributed by atoms with Gasteiger partial charge in [-0.15, -0.1) is 0 Å². The Bertz CT molecular complexity index is 1520. The highest BCUT2D eigenvalue weighted by molar-refractivity contribution is 5.86. The summed E-state index contributed by atoms with van der Waals surface area (Å²) in [5.41, 5.74) is 14.8. The molecule has 3 N–H and O–H groups in total. The molecule has 3 aliphatic rings. The molecule has 2 aliphatic carbocycles. The SMILES string of the molecule is N#Cc1cccc2c1CC1(CCC(Cc3cnc4c(N5CCCc6ncccc65)n[nH]c4n3)CC1)[C@@H]2N. The average Bonchev–Trinajstić information content (AvgIpc) is 3.48. The second kappa shape index (κ2) is 8.63. The Balaban J connectivity index is 1.06. The first-order valence-corrected chi connectivity index (χ1v) is 13.3. The van der Waals surface area contributed by atoms with E-state index in [1.807, 2.05) is 30.6 Å². The van der Waals surface area contributed by atoms with Crippen LogP contribution in [0.3, 0.4) is 0 Å². The average molecular weight is 491 g/mol. The van der Waals surface area contributed by atoms with Crippen molar-refractivity contribution in [3.8, 4) is 6.07 Å². The van der Waals surface area contributed by atoms with Gasteiger partial charge in [-0.1, -0.05) is 12.1 Å². The second-order valence-electron chi connectivity index (χ2n) is 11.0. The van der Waals surface area contributed by atoms with E-state index in [2.05, 4.69) is 38.3 Å². The van der Waals surface area contributed by atoms with Gasteiger partial charge in [0.05, 0.1) is 28.7 Å². The molecule has 37 heavy (non-hydrogen) atoms. The summed E-state index contributed by atoms with van der Waals surface area (Å²) in [6, 6.07) is 12.5. The minimum absolute atomic E-state index is 0.0198. The van der Waals surface area contributed by atoms with E-state index in [4.69, 9.17) is 15.7 Å². The van der Waals surface area contributed by atoms with Crippen molar-refractivity contribution in [2.24, 2.45) is 17.1 Å². The summed E-state index contributed by atoms with van der Waals surface area (Å²) >= 11 is 0. The normalized spacial score (nSPS) is 24.7. The van der Waals surface area contributed by atoms with Crippen molar-refractivity contribution in [3.63, 3.8) is 0 Å². The number of hydrogen-bond acceptors (Lipinski definition) is 7. The predicted octanol–water partition coefficient (Wildman–Crippen LogP) is 4.68. The number of aryl methyl sites for hydroxylation is 1. The first-order chi connectivity index (χ1) is 18.1. The number of pyridine rings is 1. The zero-order valence-corrected chi connectivity index (χ0v) is 20.8. The van der Waals surface area contributed by atoms with Crippen molar-refractivity contribution in [2.75, 3.05) is 11.4 Å². The maximum atomic E-state index is 9.56. The van der Waals surface area contributed by atoms with Crippen LogP contribution in [0, 0.1) is 22.7 Å². The second-order valence-corrected chi connectivity index (χ2v) is 11.0. The number of nitrogens with zero attached hydrogens (tertiary/aromatic N) is 6. The van der Waals surface area contributed by atoms with Gasteiger partial charge in [-0.2, -0.15) is 10.4 Å². The third-order valence-electron chi connectivity index (χ3n) is 8.96. The molecule has 0 bridgehead atoms. The fourth-order valence-corrected chi connectivity index (χ4v) is 6.96. The lowest BCUT2D eigenvalue weighted by Gasteiger charge is -2.40. The van der Waals surface area contributed by atoms with Gasteiger partial charge in [-0.25, -0.2) is 9.97 Å². The molecule has 1 saturated carbocycles. The highest BCUT2D eigenvalue weighted by Gasteiger charge is 2.46. The molecule has 1 aromatic carbocycles. The third kappa shape index (κ3) is 3.60. The van der Waals surface area contributed by atoms with E-state index in [0.717, 1.165) is 97.5 Å². The number of hydrogen-bond donors (Lipinski definition) is 2. The van der Waals surface area contributed by atoms with Crippen LogP contribution in [-0.4, -0.2) is 31.7 Å². The topological polar surface area (TPSA) is 120 Å². The molecule has 1 aliphatic heterocycles. The Kier molecular flexibility index (Phi) is 5.22. The molecule has 4 heterocycles. The Labute approximate surface area is 216 Å². The quantitative estimate of drug-likeness (QED) is 0.428. The van der Waals surface area contributed by atoms with E-state index in [1.54, 1.807) is 0 Å². The van der Waals surface area contributed by atoms with Crippen LogP contribution >= 0.6 is 0 Å². The number of aromatic nitrogens is 5. The number of fused-ring (bicyclic) bond motifs is 3. The van der Waals surface area contributed by atoms with Gasteiger partial charge in [0.15, 0.2) is 17.0 Å². The van der Waals surface area contributed by atoms with Gasteiger partial charge >= 0.3 is 0 Å². The summed E-state index contributed by atoms with van der Waals surface area (Å²) in [6.07, 6.45) is 12.1. The minimum atomic E-state index is 0.0198. The lowest BCUT2D eigenvalue weighted by Crippen LogP contribution is -2.36. The lowest BCUT2D eigenvalue weighted by molar-refractivity contribution is 0.127. The summed E-state index contributed by atoms with van der Waals surface area (Å²) in [6.45, 7) is 0.897. The number of benzene rings is 1. The smallest absolute Gasteiger partial charge is 0.183 e. The van der Waals surface area contributed by atoms with Crippen molar-refractivity contribution < 1.29 is 0 Å². The molecule has 1 atom stereocenters. The van der Waals surface area contributed by atoms with Gasteiger partial charge in [-0.05, 0) is 92.0 Å². The molecule has 7 rings (SSSR count). The predicted molar refractivity (Wildman–Crippen MR) is 141 cm³/mol. The Hall–Kier alpha value is -3.83. The number of nitriles is 1. The molecule has 0 unspecified atom stereocenters. The van der Waals surface area contributed by atoms with Gasteiger partial charge in [0.25, 0.3) is 0 Å². The van der Waals surface area contributed by atoms with Crippen LogP contribution in [-0.2, 0) is 19.3 Å². The molecule has 3 aromatic heterocycles. The van der Waals surface area contributed by atoms with Crippen LogP contribution in [0.25, 0.3) is 11.2 Å². The molecular formula is C29H30N8. The monoisotopic (exact) mass is 490 g/mol. The van der Waals surface area contributed by atoms with E-state index in [1.165, 1.54) is 11.1 Å². The molecule has 8 heteroatoms. The molecule has 0 amide bonds. The van der Waals surface area contributed by atoms with Gasteiger partial charge in [0.2, 0.25) is 0 Å². The van der Waals surface area contributed by atoms with Crippen LogP contribution in [0.2, 0.25) is 0 Å². The van der Waals surface area contributed by atoms with E-state index in [0.29, 0.717) is 5.92 Å². The number of H-pyrrole nitrogens is 1. The summed E-state index contributed by atoms with van der Waals surface area (Å²) in [5, 5.41) is 17.3. The number of rotatable bonds is 3. The van der Waals surface area contributed by atoms with Crippen LogP contribution in [0.4, 0.5) is 11.5 Å². The summed E-state index contributed by atoms with van der Waals surface area (Å²) in [4.78, 5) is 16.5. The zero-order valence-electron chi connectivity index (χ0n) is 20.8. The van der Waals surface area contributed by atoms with Crippen LogP contribution in [0.1, 0.15) is 66.2 Å². The standard InChI is InChI=1S/C29H30N8/c30-16-19-4-1-5-21-22(19)15-29(26(21)31)10-8-18(9-11-29)14-20-17-33-25-27(34-20)35-36-28(25)37-13-3-6-23-24(37)7-2-12-32-23/h1-2,4-5,7,12,17-18,26H,3,6,8-11,13-15,31H2,(H,34,35,36)/t18?,26-,29?/m1/s1. The van der Waals surface area contributed by atoms with Crippen LogP contribution < -0.4 is 10.6 Å². The van der Waals surface area contributed by atoms with Crippen molar-refractivity contribution in [3.05, 3.63) is 70.8 Å². The molecule has 0 radical (unpaired) electrons. The van der Waals surface area contributed by atoms with Gasteiger partial charge < -0.3 is 10.6 Å². The molecule has 1 spiro atoms. The van der Waals surface area contributed by atoms with Crippen LogP contribution in [0.15, 0.2) is 42.7 Å². The highest BCUT2D eigenvalue weighted by atomic mass is 15.3. The fraction of sp³-hybridized carbons (Fsp3) is 0.414. The number of nitrogens with two attached hydrogens (primary N) is 1. The van der Waals surface area contributed by atoms with Crippen molar-refractivity contribution in [1.82, 2.24) is 25.1 Å². The third-order valence-corrected chi connectivity index (χ3v) is 8.96. The van der Waals surface area contributed by atoms with E-state index in [-0.39, 0.29) is 11.5 Å². The van der Waals surface area contributed by atoms with Gasteiger partial charge in [0.1, 0.15) is 0 Å². The maximum Gasteiger partial charge on any atom is 0.183 e. The fourth-order valence-electron chi connectivity index (χ4n) is 6.96. The first-order valence-electron chi connectivity index (χ1n) is 13.3. The molecule has 0 saturated heterocycles. The maximum absolute atomic E-state index is 9.56. The Morgan fingerprint density at radius 2 is 2.05 bits per heavy atom. The number of nitrogens with one attached hydrogen (secondary N) is 1. The van der Waals surface area contributed by atoms with Gasteiger partial charge in [0, 0.05) is 25.0 Å². The largest absolute Gasteiger partial charge is 0.323 e. The van der Waals surface area contributed by atoms with E-state index >= 15 is 0 Å². The minimum Gasteiger partial charge on any atom is -0.323 e. The lowest BCUT2D eigenvalue weighted by atomic mass is 9.66. The van der Waals surface area contributed by atoms with Crippen molar-refractivity contribution in [1.29, 1.82) is 5.26 Å². The molecular weight excluding hydrogens is 460 g/mol. The molecule has 8 nitrogen and oxygen atoms in total. The summed E-state index contributed by atoms with van der Waals surface area (Å²) < 4.78 is 0. The zero-order chi connectivity index (χ0) is 25.0. The van der Waals surface area contributed by atoms with E-state index in [9.17, 15) is 5.26 Å². The molecule has 1 fully saturated rings.